The number of pyridine rings is 2. The van der Waals surface area contributed by atoms with Gasteiger partial charge >= 0.3 is 12.7 Å². The second-order valence-electron chi connectivity index (χ2n) is 9.33. The molecule has 0 radical (unpaired) electrons. The molecule has 4 N–H and O–H groups in total. The summed E-state index contributed by atoms with van der Waals surface area (Å²) in [5.74, 6) is -0.721. The Kier molecular flexibility index (Phi) is 7.12. The van der Waals surface area contributed by atoms with E-state index in [1.165, 1.54) is 18.2 Å². The molecular formula is C22H26ClF3N6O4S. The molecule has 1 saturated heterocycles. The van der Waals surface area contributed by atoms with Crippen LogP contribution in [0.15, 0.2) is 29.4 Å². The third-order valence-electron chi connectivity index (χ3n) is 6.71. The molecule has 2 aliphatic heterocycles. The maximum absolute atomic E-state index is 15.2. The van der Waals surface area contributed by atoms with Crippen molar-refractivity contribution in [2.75, 3.05) is 11.9 Å². The van der Waals surface area contributed by atoms with Gasteiger partial charge in [0.25, 0.3) is 0 Å². The largest absolute Gasteiger partial charge is 0.465 e. The summed E-state index contributed by atoms with van der Waals surface area (Å²) in [5, 5.41) is 14.0. The normalized spacial score (nSPS) is 24.6. The molecule has 37 heavy (non-hydrogen) atoms. The van der Waals surface area contributed by atoms with E-state index in [0.29, 0.717) is 18.7 Å². The van der Waals surface area contributed by atoms with Gasteiger partial charge in [-0.15, -0.1) is 0 Å². The molecule has 0 aromatic carbocycles. The number of nitrogens with one attached hydrogen (secondary N) is 3. The van der Waals surface area contributed by atoms with E-state index < -0.39 is 44.2 Å². The lowest BCUT2D eigenvalue weighted by Crippen LogP contribution is -2.66. The number of ether oxygens (including phenoxy) is 1. The Morgan fingerprint density at radius 2 is 2.11 bits per heavy atom. The van der Waals surface area contributed by atoms with E-state index in [2.05, 4.69) is 35.1 Å². The van der Waals surface area contributed by atoms with Crippen LogP contribution in [0.1, 0.15) is 38.6 Å². The summed E-state index contributed by atoms with van der Waals surface area (Å²) in [7, 11) is -3.32. The Morgan fingerprint density at radius 1 is 1.38 bits per heavy atom. The molecule has 2 aromatic rings. The molecule has 1 fully saturated rings. The molecule has 0 saturated carbocycles. The number of hydrogen-bond donors (Lipinski definition) is 5. The van der Waals surface area contributed by atoms with Gasteiger partial charge in [-0.2, -0.15) is 8.78 Å². The van der Waals surface area contributed by atoms with Crippen LogP contribution in [0.4, 0.5) is 23.8 Å². The minimum atomic E-state index is -3.32. The van der Waals surface area contributed by atoms with Crippen molar-refractivity contribution in [2.45, 2.75) is 55.9 Å². The highest BCUT2D eigenvalue weighted by Gasteiger charge is 2.59. The van der Waals surface area contributed by atoms with Crippen LogP contribution < -0.4 is 20.1 Å². The topological polar surface area (TPSA) is 138 Å². The highest BCUT2D eigenvalue weighted by Crippen LogP contribution is 2.48. The molecule has 0 unspecified atom stereocenters. The number of halogens is 4. The Bertz CT molecular complexity index is 1310. The van der Waals surface area contributed by atoms with E-state index in [4.69, 9.17) is 11.6 Å². The van der Waals surface area contributed by atoms with Crippen molar-refractivity contribution in [3.05, 3.63) is 46.6 Å². The van der Waals surface area contributed by atoms with Gasteiger partial charge in [0.1, 0.15) is 34.5 Å². The lowest BCUT2D eigenvalue weighted by atomic mass is 9.89. The number of thiol groups is 1. The van der Waals surface area contributed by atoms with Crippen LogP contribution in [-0.2, 0) is 22.2 Å². The fourth-order valence-corrected chi connectivity index (χ4v) is 8.67. The van der Waals surface area contributed by atoms with E-state index in [-0.39, 0.29) is 34.7 Å². The number of fused-ring (bicyclic) bond motifs is 1. The first kappa shape index (κ1) is 27.1. The smallest absolute Gasteiger partial charge is 0.410 e. The van der Waals surface area contributed by atoms with E-state index in [1.54, 1.807) is 20.8 Å². The van der Waals surface area contributed by atoms with Gasteiger partial charge in [-0.05, 0) is 49.4 Å². The second-order valence-corrected chi connectivity index (χ2v) is 13.1. The van der Waals surface area contributed by atoms with Crippen LogP contribution in [0.3, 0.4) is 0 Å². The van der Waals surface area contributed by atoms with Gasteiger partial charge in [0.15, 0.2) is 0 Å². The summed E-state index contributed by atoms with van der Waals surface area (Å²) in [6, 6.07) is 3.75. The number of anilines is 1. The van der Waals surface area contributed by atoms with Gasteiger partial charge in [-0.1, -0.05) is 11.6 Å². The van der Waals surface area contributed by atoms with E-state index in [1.807, 2.05) is 0 Å². The van der Waals surface area contributed by atoms with Gasteiger partial charge in [0.2, 0.25) is 0 Å². The zero-order chi connectivity index (χ0) is 27.2. The first-order valence-corrected chi connectivity index (χ1v) is 13.4. The lowest BCUT2D eigenvalue weighted by molar-refractivity contribution is -0.0500. The first-order valence-electron chi connectivity index (χ1n) is 11.2. The summed E-state index contributed by atoms with van der Waals surface area (Å²) < 4.78 is 60.4. The van der Waals surface area contributed by atoms with Gasteiger partial charge in [0, 0.05) is 12.6 Å². The van der Waals surface area contributed by atoms with Crippen molar-refractivity contribution in [3.63, 3.8) is 0 Å². The monoisotopic (exact) mass is 562 g/mol. The van der Waals surface area contributed by atoms with E-state index in [9.17, 15) is 22.9 Å². The third-order valence-corrected chi connectivity index (χ3v) is 11.2. The van der Waals surface area contributed by atoms with Crippen molar-refractivity contribution < 1.29 is 32.0 Å². The van der Waals surface area contributed by atoms with Gasteiger partial charge in [0.05, 0.1) is 33.5 Å². The number of aromatic nitrogens is 2. The maximum Gasteiger partial charge on any atom is 0.410 e. The van der Waals surface area contributed by atoms with E-state index in [0.717, 1.165) is 6.20 Å². The number of carbonyl (C=O) groups is 1. The molecule has 10 nitrogen and oxygen atoms in total. The highest BCUT2D eigenvalue weighted by molar-refractivity contribution is 8.04. The molecule has 202 valence electrons. The quantitative estimate of drug-likeness (QED) is 0.340. The van der Waals surface area contributed by atoms with Crippen LogP contribution in [0.25, 0.3) is 0 Å². The minimum absolute atomic E-state index is 0.0220. The molecule has 0 spiro atoms. The molecule has 2 aliphatic rings. The standard InChI is InChI=1S/C22H26ClF3N6O4S/c1-21(2)18(31-20(33)34)32-22(3,15-6-7-29-37(15,21)35)17-13(24)4-5-16(30-17)28-10-14-12(23)8-11(9-27-14)36-19(25)26/h4-5,8-9,15,19,37H,6-7,10H2,1-3H3,(H,28,30)(H,29,35)(H,31,32)(H,33,34)/t15-,22-/m0/s1. The number of carboxylic acid groups (broad SMARTS) is 1. The summed E-state index contributed by atoms with van der Waals surface area (Å²) in [4.78, 5) is 24.5. The van der Waals surface area contributed by atoms with Crippen LogP contribution in [0.5, 0.6) is 5.75 Å². The highest BCUT2D eigenvalue weighted by atomic mass is 35.5. The van der Waals surface area contributed by atoms with Gasteiger partial charge in [-0.3, -0.25) is 24.2 Å². The van der Waals surface area contributed by atoms with Crippen molar-refractivity contribution in [1.82, 2.24) is 20.0 Å². The number of aliphatic imine (C=N–C) groups is 1. The second kappa shape index (κ2) is 9.72. The predicted octanol–water partition coefficient (Wildman–Crippen LogP) is 3.45. The fraction of sp³-hybridized carbons (Fsp3) is 0.455. The van der Waals surface area contributed by atoms with Crippen molar-refractivity contribution in [1.29, 1.82) is 0 Å². The van der Waals surface area contributed by atoms with Crippen LogP contribution in [0, 0.1) is 5.82 Å². The minimum Gasteiger partial charge on any atom is -0.465 e. The number of alkyl halides is 2. The lowest BCUT2D eigenvalue weighted by Gasteiger charge is -2.50. The average Bonchev–Trinajstić information content (AvgIpc) is 3.22. The maximum atomic E-state index is 15.2. The molecule has 4 rings (SSSR count). The number of hydrogen-bond acceptors (Lipinski definition) is 7. The zero-order valence-corrected chi connectivity index (χ0v) is 21.7. The summed E-state index contributed by atoms with van der Waals surface area (Å²) in [6.45, 7) is 2.27. The summed E-state index contributed by atoms with van der Waals surface area (Å²) in [6.07, 6.45) is 0.142. The van der Waals surface area contributed by atoms with Crippen molar-refractivity contribution in [2.24, 2.45) is 4.99 Å². The number of rotatable bonds is 6. The average molecular weight is 563 g/mol. The van der Waals surface area contributed by atoms with E-state index >= 15 is 4.39 Å². The fourth-order valence-electron chi connectivity index (χ4n) is 4.79. The first-order chi connectivity index (χ1) is 17.3. The van der Waals surface area contributed by atoms with Gasteiger partial charge in [-0.25, -0.2) is 14.2 Å². The molecule has 1 amide bonds. The van der Waals surface area contributed by atoms with Crippen molar-refractivity contribution in [3.8, 4) is 5.75 Å². The Balaban J connectivity index is 1.68. The zero-order valence-electron chi connectivity index (χ0n) is 20.1. The molecular weight excluding hydrogens is 537 g/mol. The third kappa shape index (κ3) is 4.84. The van der Waals surface area contributed by atoms with Crippen LogP contribution >= 0.6 is 11.6 Å². The number of amides is 1. The Hall–Kier alpha value is -2.97. The molecule has 4 heterocycles. The van der Waals surface area contributed by atoms with Crippen LogP contribution in [-0.4, -0.2) is 54.4 Å². The van der Waals surface area contributed by atoms with Crippen LogP contribution in [0.2, 0.25) is 5.02 Å². The SMILES string of the molecule is CC1(C)C(NC(=O)O)=N[C@](C)(c2nc(NCc3ncc(OC(F)F)cc3Cl)ccc2F)[C@@H]2CCN[SH]21=O. The summed E-state index contributed by atoms with van der Waals surface area (Å²) in [5.41, 5.74) is -1.25. The van der Waals surface area contributed by atoms with Gasteiger partial charge < -0.3 is 15.2 Å². The summed E-state index contributed by atoms with van der Waals surface area (Å²) >= 11 is 6.12. The molecule has 2 atom stereocenters. The molecule has 15 heteroatoms. The number of amidine groups is 1. The Labute approximate surface area is 216 Å². The number of nitrogens with zero attached hydrogens (tertiary/aromatic N) is 3. The van der Waals surface area contributed by atoms with Crippen molar-refractivity contribution >= 4 is 39.5 Å². The molecule has 0 aliphatic carbocycles. The molecule has 2 aromatic heterocycles. The predicted molar refractivity (Wildman–Crippen MR) is 133 cm³/mol. The molecule has 0 bridgehead atoms. The Morgan fingerprint density at radius 3 is 2.76 bits per heavy atom.